The number of methoxy groups -OCH3 is 1. The molecule has 118 valence electrons. The number of hydrogen-bond acceptors (Lipinski definition) is 6. The van der Waals surface area contributed by atoms with Crippen molar-refractivity contribution in [3.05, 3.63) is 32.6 Å². The predicted molar refractivity (Wildman–Crippen MR) is 73.3 cm³/mol. The lowest BCUT2D eigenvalue weighted by Gasteiger charge is -2.22. The van der Waals surface area contributed by atoms with Gasteiger partial charge in [0, 0.05) is 20.2 Å². The molecular formula is C13H20N2O6. The number of aromatic amines is 1. The molecule has 8 nitrogen and oxygen atoms in total. The van der Waals surface area contributed by atoms with Gasteiger partial charge >= 0.3 is 5.69 Å². The van der Waals surface area contributed by atoms with Crippen LogP contribution in [0, 0.1) is 6.92 Å². The lowest BCUT2D eigenvalue weighted by atomic mass is 10.1. The number of ether oxygens (including phenoxy) is 3. The molecule has 0 saturated carbocycles. The molecule has 0 spiro atoms. The average Bonchev–Trinajstić information content (AvgIpc) is 2.80. The zero-order chi connectivity index (χ0) is 16.3. The highest BCUT2D eigenvalue weighted by atomic mass is 16.6. The van der Waals surface area contributed by atoms with Crippen molar-refractivity contribution in [2.45, 2.75) is 38.4 Å². The standard InChI is InChI=1S/C13H20N2O6/c1-7-6-15(13(18)14-11(7)17)12-10(20-5-4-19-3)9(16)8(2)21-12/h6,8-10,12,16H,4-5H2,1-3H3,(H,14,17,18)/t8-,9-,10-,12-/m1/s1/i2D. The molecule has 1 aromatic rings. The van der Waals surface area contributed by atoms with Crippen molar-refractivity contribution in [1.29, 1.82) is 0 Å². The maximum Gasteiger partial charge on any atom is 0.330 e. The molecular weight excluding hydrogens is 280 g/mol. The van der Waals surface area contributed by atoms with E-state index in [1.807, 2.05) is 0 Å². The first-order valence-corrected chi connectivity index (χ1v) is 6.55. The number of rotatable bonds is 5. The number of nitrogens with zero attached hydrogens (tertiary/aromatic N) is 1. The Hall–Kier alpha value is -1.48. The first-order chi connectivity index (χ1) is 10.5. The Morgan fingerprint density at radius 2 is 2.29 bits per heavy atom. The number of hydrogen-bond donors (Lipinski definition) is 2. The molecule has 0 bridgehead atoms. The topological polar surface area (TPSA) is 103 Å². The Morgan fingerprint density at radius 3 is 2.95 bits per heavy atom. The van der Waals surface area contributed by atoms with Crippen LogP contribution in [0.25, 0.3) is 0 Å². The fraction of sp³-hybridized carbons (Fsp3) is 0.692. The number of aliphatic hydroxyl groups excluding tert-OH is 1. The number of nitrogens with one attached hydrogen (secondary N) is 1. The molecule has 0 unspecified atom stereocenters. The van der Waals surface area contributed by atoms with Gasteiger partial charge in [-0.3, -0.25) is 14.3 Å². The van der Waals surface area contributed by atoms with Gasteiger partial charge in [-0.15, -0.1) is 0 Å². The van der Waals surface area contributed by atoms with Crippen molar-refractivity contribution in [3.8, 4) is 0 Å². The third-order valence-electron chi connectivity index (χ3n) is 3.33. The van der Waals surface area contributed by atoms with Crippen LogP contribution in [0.2, 0.25) is 0 Å². The van der Waals surface area contributed by atoms with Crippen LogP contribution in [0.1, 0.15) is 20.1 Å². The summed E-state index contributed by atoms with van der Waals surface area (Å²) in [6.07, 6.45) is -2.19. The molecule has 0 aliphatic carbocycles. The van der Waals surface area contributed by atoms with E-state index in [2.05, 4.69) is 4.98 Å². The largest absolute Gasteiger partial charge is 0.388 e. The monoisotopic (exact) mass is 301 g/mol. The fourth-order valence-corrected chi connectivity index (χ4v) is 2.16. The summed E-state index contributed by atoms with van der Waals surface area (Å²) in [5, 5.41) is 10.2. The molecule has 1 saturated heterocycles. The molecule has 1 fully saturated rings. The molecule has 0 radical (unpaired) electrons. The summed E-state index contributed by atoms with van der Waals surface area (Å²) in [5.41, 5.74) is -0.796. The van der Waals surface area contributed by atoms with Gasteiger partial charge in [0.15, 0.2) is 6.23 Å². The zero-order valence-corrected chi connectivity index (χ0v) is 11.9. The smallest absolute Gasteiger partial charge is 0.330 e. The normalized spacial score (nSPS) is 29.6. The van der Waals surface area contributed by atoms with Gasteiger partial charge in [-0.2, -0.15) is 0 Å². The summed E-state index contributed by atoms with van der Waals surface area (Å²) in [4.78, 5) is 25.6. The molecule has 2 heterocycles. The van der Waals surface area contributed by atoms with E-state index >= 15 is 0 Å². The molecule has 1 aromatic heterocycles. The minimum atomic E-state index is -1.04. The maximum absolute atomic E-state index is 12.0. The quantitative estimate of drug-likeness (QED) is 0.687. The van der Waals surface area contributed by atoms with Gasteiger partial charge in [-0.1, -0.05) is 0 Å². The van der Waals surface area contributed by atoms with Gasteiger partial charge in [0.25, 0.3) is 5.56 Å². The van der Waals surface area contributed by atoms with Crippen LogP contribution in [0.4, 0.5) is 0 Å². The molecule has 4 atom stereocenters. The predicted octanol–water partition coefficient (Wildman–Crippen LogP) is -0.845. The van der Waals surface area contributed by atoms with Crippen molar-refractivity contribution < 1.29 is 20.7 Å². The first-order valence-electron chi connectivity index (χ1n) is 7.25. The Morgan fingerprint density at radius 1 is 1.52 bits per heavy atom. The minimum absolute atomic E-state index is 0.168. The van der Waals surface area contributed by atoms with Crippen molar-refractivity contribution in [2.24, 2.45) is 0 Å². The highest BCUT2D eigenvalue weighted by Crippen LogP contribution is 2.30. The van der Waals surface area contributed by atoms with E-state index in [4.69, 9.17) is 15.6 Å². The van der Waals surface area contributed by atoms with Gasteiger partial charge in [-0.05, 0) is 13.8 Å². The van der Waals surface area contributed by atoms with Crippen LogP contribution in [0.3, 0.4) is 0 Å². The Labute approximate surface area is 122 Å². The minimum Gasteiger partial charge on any atom is -0.388 e. The molecule has 2 rings (SSSR count). The van der Waals surface area contributed by atoms with Crippen LogP contribution >= 0.6 is 0 Å². The Balaban J connectivity index is 2.31. The molecule has 21 heavy (non-hydrogen) atoms. The fourth-order valence-electron chi connectivity index (χ4n) is 2.16. The van der Waals surface area contributed by atoms with Crippen molar-refractivity contribution in [2.75, 3.05) is 20.3 Å². The van der Waals surface area contributed by atoms with E-state index in [0.29, 0.717) is 12.2 Å². The van der Waals surface area contributed by atoms with Gasteiger partial charge in [-0.25, -0.2) is 4.79 Å². The summed E-state index contributed by atoms with van der Waals surface area (Å²) in [6.45, 7) is 1.92. The summed E-state index contributed by atoms with van der Waals surface area (Å²) in [7, 11) is 1.52. The Kier molecular flexibility index (Phi) is 4.49. The van der Waals surface area contributed by atoms with E-state index in [1.54, 1.807) is 6.92 Å². The number of aryl methyl sites for hydroxylation is 1. The lowest BCUT2D eigenvalue weighted by Crippen LogP contribution is -2.40. The second-order valence-electron chi connectivity index (χ2n) is 4.86. The average molecular weight is 301 g/mol. The second-order valence-corrected chi connectivity index (χ2v) is 4.86. The van der Waals surface area contributed by atoms with Crippen LogP contribution < -0.4 is 11.2 Å². The summed E-state index contributed by atoms with van der Waals surface area (Å²) >= 11 is 0. The number of aliphatic hydroxyl groups is 1. The first kappa shape index (κ1) is 14.5. The number of aromatic nitrogens is 2. The molecule has 0 amide bonds. The highest BCUT2D eigenvalue weighted by molar-refractivity contribution is 5.03. The zero-order valence-electron chi connectivity index (χ0n) is 12.9. The van der Waals surface area contributed by atoms with Gasteiger partial charge in [0.2, 0.25) is 0 Å². The van der Waals surface area contributed by atoms with Crippen LogP contribution in [0.15, 0.2) is 15.8 Å². The lowest BCUT2D eigenvalue weighted by molar-refractivity contribution is -0.0790. The maximum atomic E-state index is 12.0. The van der Waals surface area contributed by atoms with E-state index in [-0.39, 0.29) is 13.5 Å². The molecule has 2 N–H and O–H groups in total. The second kappa shape index (κ2) is 6.52. The molecule has 0 aromatic carbocycles. The summed E-state index contributed by atoms with van der Waals surface area (Å²) in [5.74, 6) is 0. The Bertz CT molecular complexity index is 615. The SMILES string of the molecule is [2H]C[C@H]1O[C@@H](n2cc(C)c(=O)[nH]c2=O)[C@H](OCCOC)[C@@H]1O. The van der Waals surface area contributed by atoms with Crippen molar-refractivity contribution in [3.63, 3.8) is 0 Å². The van der Waals surface area contributed by atoms with Crippen molar-refractivity contribution in [1.82, 2.24) is 9.55 Å². The van der Waals surface area contributed by atoms with Crippen molar-refractivity contribution >= 4 is 0 Å². The highest BCUT2D eigenvalue weighted by Gasteiger charge is 2.43. The van der Waals surface area contributed by atoms with Crippen LogP contribution in [-0.2, 0) is 14.2 Å². The summed E-state index contributed by atoms with van der Waals surface area (Å²) in [6, 6.07) is 0. The van der Waals surface area contributed by atoms with Gasteiger partial charge in [0.05, 0.1) is 19.3 Å². The molecule has 1 aliphatic heterocycles. The molecule has 8 heteroatoms. The van der Waals surface area contributed by atoms with Gasteiger partial charge < -0.3 is 19.3 Å². The van der Waals surface area contributed by atoms with E-state index in [1.165, 1.54) is 17.9 Å². The van der Waals surface area contributed by atoms with Gasteiger partial charge in [0.1, 0.15) is 12.2 Å². The third kappa shape index (κ3) is 3.24. The van der Waals surface area contributed by atoms with E-state index in [0.717, 1.165) is 0 Å². The van der Waals surface area contributed by atoms with Crippen LogP contribution in [0.5, 0.6) is 0 Å². The third-order valence-corrected chi connectivity index (χ3v) is 3.33. The summed E-state index contributed by atoms with van der Waals surface area (Å²) < 4.78 is 24.6. The van der Waals surface area contributed by atoms with Crippen LogP contribution in [-0.4, -0.2) is 53.3 Å². The van der Waals surface area contributed by atoms with E-state index in [9.17, 15) is 14.7 Å². The number of H-pyrrole nitrogens is 1. The molecule has 1 aliphatic rings. The van der Waals surface area contributed by atoms with E-state index < -0.39 is 35.8 Å².